The first-order chi connectivity index (χ1) is 15.7. The smallest absolute Gasteiger partial charge is 0.264 e. The summed E-state index contributed by atoms with van der Waals surface area (Å²) in [6.07, 6.45) is 0. The fourth-order valence-corrected chi connectivity index (χ4v) is 5.08. The molecule has 9 heteroatoms. The number of benzene rings is 3. The predicted octanol–water partition coefficient (Wildman–Crippen LogP) is 5.21. The van der Waals surface area contributed by atoms with Crippen molar-refractivity contribution in [2.45, 2.75) is 25.3 Å². The Balaban J connectivity index is 1.88. The van der Waals surface area contributed by atoms with E-state index in [1.54, 1.807) is 12.1 Å². The molecule has 0 aliphatic rings. The minimum absolute atomic E-state index is 0.0543. The highest BCUT2D eigenvalue weighted by Crippen LogP contribution is 2.29. The Morgan fingerprint density at radius 2 is 1.64 bits per heavy atom. The van der Waals surface area contributed by atoms with Crippen molar-refractivity contribution in [1.29, 1.82) is 0 Å². The van der Waals surface area contributed by atoms with Gasteiger partial charge in [-0.05, 0) is 50.2 Å². The molecular weight excluding hydrogens is 483 g/mol. The number of carbonyl (C=O) groups is 1. The SMILES string of the molecule is CCOc1ccccc1CNC(=O)CN(c1cc(Cl)cc(Cl)c1)S(=O)(=O)c1ccc(C)cc1. The van der Waals surface area contributed by atoms with E-state index in [1.807, 2.05) is 38.1 Å². The number of rotatable bonds is 9. The summed E-state index contributed by atoms with van der Waals surface area (Å²) in [5, 5.41) is 3.28. The molecule has 0 aliphatic carbocycles. The van der Waals surface area contributed by atoms with Crippen molar-refractivity contribution in [3.63, 3.8) is 0 Å². The van der Waals surface area contributed by atoms with Gasteiger partial charge in [0.1, 0.15) is 12.3 Å². The second-order valence-corrected chi connectivity index (χ2v) is 10.0. The number of carbonyl (C=O) groups excluding carboxylic acids is 1. The molecule has 3 aromatic rings. The lowest BCUT2D eigenvalue weighted by molar-refractivity contribution is -0.119. The highest BCUT2D eigenvalue weighted by molar-refractivity contribution is 7.92. The Kier molecular flexibility index (Phi) is 8.24. The topological polar surface area (TPSA) is 75.7 Å². The van der Waals surface area contributed by atoms with Crippen molar-refractivity contribution in [3.05, 3.63) is 87.9 Å². The van der Waals surface area contributed by atoms with E-state index in [2.05, 4.69) is 5.32 Å². The van der Waals surface area contributed by atoms with Crippen molar-refractivity contribution < 1.29 is 17.9 Å². The molecule has 0 unspecified atom stereocenters. The number of hydrogen-bond acceptors (Lipinski definition) is 4. The normalized spacial score (nSPS) is 11.2. The number of nitrogens with one attached hydrogen (secondary N) is 1. The van der Waals surface area contributed by atoms with Crippen LogP contribution in [0, 0.1) is 6.92 Å². The molecule has 0 spiro atoms. The fourth-order valence-electron chi connectivity index (χ4n) is 3.16. The molecule has 0 bridgehead atoms. The maximum Gasteiger partial charge on any atom is 0.264 e. The van der Waals surface area contributed by atoms with Crippen molar-refractivity contribution in [3.8, 4) is 5.75 Å². The van der Waals surface area contributed by atoms with E-state index in [0.717, 1.165) is 15.4 Å². The van der Waals surface area contributed by atoms with Crippen LogP contribution in [0.4, 0.5) is 5.69 Å². The number of para-hydroxylation sites is 1. The van der Waals surface area contributed by atoms with E-state index in [9.17, 15) is 13.2 Å². The monoisotopic (exact) mass is 506 g/mol. The second-order valence-electron chi connectivity index (χ2n) is 7.27. The third-order valence-corrected chi connectivity index (χ3v) is 7.00. The highest BCUT2D eigenvalue weighted by Gasteiger charge is 2.28. The van der Waals surface area contributed by atoms with Gasteiger partial charge in [0.2, 0.25) is 5.91 Å². The van der Waals surface area contributed by atoms with Crippen molar-refractivity contribution in [2.24, 2.45) is 0 Å². The number of anilines is 1. The summed E-state index contributed by atoms with van der Waals surface area (Å²) in [7, 11) is -4.07. The Bertz CT molecular complexity index is 1210. The average molecular weight is 507 g/mol. The number of sulfonamides is 1. The molecule has 6 nitrogen and oxygen atoms in total. The molecular formula is C24H24Cl2N2O4S. The lowest BCUT2D eigenvalue weighted by atomic mass is 10.2. The molecule has 0 radical (unpaired) electrons. The lowest BCUT2D eigenvalue weighted by Crippen LogP contribution is -2.40. The zero-order valence-corrected chi connectivity index (χ0v) is 20.5. The first-order valence-corrected chi connectivity index (χ1v) is 12.4. The summed E-state index contributed by atoms with van der Waals surface area (Å²) in [6.45, 7) is 3.95. The van der Waals surface area contributed by atoms with Crippen LogP contribution in [0.25, 0.3) is 0 Å². The largest absolute Gasteiger partial charge is 0.494 e. The van der Waals surface area contributed by atoms with Gasteiger partial charge >= 0.3 is 0 Å². The van der Waals surface area contributed by atoms with Gasteiger partial charge in [-0.1, -0.05) is 59.1 Å². The molecule has 0 aliphatic heterocycles. The average Bonchev–Trinajstić information content (AvgIpc) is 2.76. The molecule has 3 aromatic carbocycles. The van der Waals surface area contributed by atoms with E-state index in [-0.39, 0.29) is 27.2 Å². The van der Waals surface area contributed by atoms with Gasteiger partial charge in [0.05, 0.1) is 17.2 Å². The van der Waals surface area contributed by atoms with Gasteiger partial charge in [0.25, 0.3) is 10.0 Å². The summed E-state index contributed by atoms with van der Waals surface area (Å²) < 4.78 is 33.5. The first-order valence-electron chi connectivity index (χ1n) is 10.2. The molecule has 1 N–H and O–H groups in total. The molecule has 1 amide bonds. The van der Waals surface area contributed by atoms with Crippen LogP contribution in [0.3, 0.4) is 0 Å². The van der Waals surface area contributed by atoms with Crippen molar-refractivity contribution in [2.75, 3.05) is 17.5 Å². The second kappa shape index (κ2) is 10.9. The third kappa shape index (κ3) is 6.41. The molecule has 0 atom stereocenters. The van der Waals surface area contributed by atoms with E-state index in [0.29, 0.717) is 12.4 Å². The molecule has 3 rings (SSSR count). The number of amides is 1. The van der Waals surface area contributed by atoms with E-state index in [4.69, 9.17) is 27.9 Å². The maximum absolute atomic E-state index is 13.5. The Morgan fingerprint density at radius 3 is 2.27 bits per heavy atom. The third-order valence-electron chi connectivity index (χ3n) is 4.78. The number of ether oxygens (including phenoxy) is 1. The van der Waals surface area contributed by atoms with E-state index in [1.165, 1.54) is 30.3 Å². The van der Waals surface area contributed by atoms with Crippen LogP contribution in [0.1, 0.15) is 18.1 Å². The molecule has 0 saturated heterocycles. The number of aryl methyl sites for hydroxylation is 1. The van der Waals surface area contributed by atoms with Gasteiger partial charge in [0, 0.05) is 22.2 Å². The van der Waals surface area contributed by atoms with Crippen LogP contribution in [0.5, 0.6) is 5.75 Å². The summed E-state index contributed by atoms with van der Waals surface area (Å²) >= 11 is 12.2. The molecule has 0 saturated carbocycles. The molecule has 0 heterocycles. The van der Waals surface area contributed by atoms with Crippen LogP contribution in [0.15, 0.2) is 71.6 Å². The Hall–Kier alpha value is -2.74. The standard InChI is InChI=1S/C24H24Cl2N2O4S/c1-3-32-23-7-5-4-6-18(23)15-27-24(29)16-28(21-13-19(25)12-20(26)14-21)33(30,31)22-10-8-17(2)9-11-22/h4-14H,3,15-16H2,1-2H3,(H,27,29). The van der Waals surface area contributed by atoms with Gasteiger partial charge < -0.3 is 10.1 Å². The number of nitrogens with zero attached hydrogens (tertiary/aromatic N) is 1. The summed E-state index contributed by atoms with van der Waals surface area (Å²) in [5.41, 5.74) is 1.89. The van der Waals surface area contributed by atoms with Gasteiger partial charge in [-0.25, -0.2) is 8.42 Å². The minimum atomic E-state index is -4.07. The molecule has 0 fully saturated rings. The summed E-state index contributed by atoms with van der Waals surface area (Å²) in [4.78, 5) is 12.9. The molecule has 33 heavy (non-hydrogen) atoms. The van der Waals surface area contributed by atoms with Crippen molar-refractivity contribution >= 4 is 44.8 Å². The molecule has 0 aromatic heterocycles. The van der Waals surface area contributed by atoms with Gasteiger partial charge in [-0.15, -0.1) is 0 Å². The maximum atomic E-state index is 13.5. The number of halogens is 2. The van der Waals surface area contributed by atoms with Gasteiger partial charge in [-0.3, -0.25) is 9.10 Å². The summed E-state index contributed by atoms with van der Waals surface area (Å²) in [5.74, 6) is 0.166. The zero-order chi connectivity index (χ0) is 24.0. The lowest BCUT2D eigenvalue weighted by Gasteiger charge is -2.24. The van der Waals surface area contributed by atoms with Crippen LogP contribution in [-0.4, -0.2) is 27.5 Å². The van der Waals surface area contributed by atoms with Crippen molar-refractivity contribution in [1.82, 2.24) is 5.32 Å². The van der Waals surface area contributed by atoms with Crippen LogP contribution >= 0.6 is 23.2 Å². The molecule has 174 valence electrons. The van der Waals surface area contributed by atoms with Crippen LogP contribution in [0.2, 0.25) is 10.0 Å². The van der Waals surface area contributed by atoms with Crippen LogP contribution in [-0.2, 0) is 21.4 Å². The predicted molar refractivity (Wildman–Crippen MR) is 132 cm³/mol. The van der Waals surface area contributed by atoms with E-state index >= 15 is 0 Å². The summed E-state index contributed by atoms with van der Waals surface area (Å²) in [6, 6.07) is 18.1. The fraction of sp³-hybridized carbons (Fsp3) is 0.208. The zero-order valence-electron chi connectivity index (χ0n) is 18.2. The van der Waals surface area contributed by atoms with Gasteiger partial charge in [-0.2, -0.15) is 0 Å². The highest BCUT2D eigenvalue weighted by atomic mass is 35.5. The Morgan fingerprint density at radius 1 is 1.00 bits per heavy atom. The Labute approximate surface area is 204 Å². The quantitative estimate of drug-likeness (QED) is 0.432. The van der Waals surface area contributed by atoms with E-state index < -0.39 is 22.5 Å². The van der Waals surface area contributed by atoms with Gasteiger partial charge in [0.15, 0.2) is 0 Å². The minimum Gasteiger partial charge on any atom is -0.494 e. The number of hydrogen-bond donors (Lipinski definition) is 1. The first kappa shape index (κ1) is 24.9. The van der Waals surface area contributed by atoms with Crippen LogP contribution < -0.4 is 14.4 Å².